The van der Waals surface area contributed by atoms with Crippen LogP contribution in [-0.2, 0) is 9.98 Å². The van der Waals surface area contributed by atoms with E-state index in [2.05, 4.69) is 86.6 Å². The lowest BCUT2D eigenvalue weighted by Gasteiger charge is -2.44. The van der Waals surface area contributed by atoms with Crippen molar-refractivity contribution in [3.8, 4) is 11.1 Å². The zero-order chi connectivity index (χ0) is 21.4. The Morgan fingerprint density at radius 2 is 1.19 bits per heavy atom. The standard InChI is InChI=1S/C28H24NOP/c1-18(2)31(30)26-17-8-7-14-23(26)28(24-15-9-16-25(29)27(24)31)21-12-5-3-10-19(21)20-11-4-6-13-22(20)28/h3-18H,29H2,1-2H3. The number of nitrogen functional groups attached to an aromatic ring is 1. The molecule has 1 heterocycles. The van der Waals surface area contributed by atoms with Crippen molar-refractivity contribution in [2.75, 3.05) is 5.73 Å². The van der Waals surface area contributed by atoms with Gasteiger partial charge >= 0.3 is 0 Å². The molecule has 6 rings (SSSR count). The topological polar surface area (TPSA) is 43.1 Å². The fraction of sp³-hybridized carbons (Fsp3) is 0.143. The second-order valence-electron chi connectivity index (χ2n) is 8.85. The SMILES string of the molecule is CC(C)P1(=O)c2ccccc2C2(c3ccccc3-c3ccccc32)c2cccc(N)c21. The first-order valence-electron chi connectivity index (χ1n) is 10.8. The molecule has 0 aromatic heterocycles. The molecule has 1 spiro atoms. The Morgan fingerprint density at radius 1 is 0.677 bits per heavy atom. The molecular weight excluding hydrogens is 397 g/mol. The number of anilines is 1. The van der Waals surface area contributed by atoms with Crippen LogP contribution in [0.15, 0.2) is 91.0 Å². The van der Waals surface area contributed by atoms with E-state index < -0.39 is 12.6 Å². The van der Waals surface area contributed by atoms with Crippen LogP contribution >= 0.6 is 7.14 Å². The van der Waals surface area contributed by atoms with Gasteiger partial charge in [-0.05, 0) is 39.4 Å². The molecule has 2 aliphatic rings. The van der Waals surface area contributed by atoms with Gasteiger partial charge in [0.2, 0.25) is 0 Å². The summed E-state index contributed by atoms with van der Waals surface area (Å²) in [6.45, 7) is 4.12. The number of nitrogens with two attached hydrogens (primary N) is 1. The van der Waals surface area contributed by atoms with Crippen LogP contribution in [0.4, 0.5) is 5.69 Å². The lowest BCUT2D eigenvalue weighted by Crippen LogP contribution is -2.45. The van der Waals surface area contributed by atoms with Crippen LogP contribution in [0.3, 0.4) is 0 Å². The third-order valence-corrected chi connectivity index (χ3v) is 10.9. The quantitative estimate of drug-likeness (QED) is 0.280. The Kier molecular flexibility index (Phi) is 3.74. The average molecular weight is 421 g/mol. The summed E-state index contributed by atoms with van der Waals surface area (Å²) in [5, 5.41) is 1.79. The van der Waals surface area contributed by atoms with Crippen LogP contribution < -0.4 is 16.3 Å². The Morgan fingerprint density at radius 3 is 1.81 bits per heavy atom. The lowest BCUT2D eigenvalue weighted by atomic mass is 9.67. The number of hydrogen-bond acceptors (Lipinski definition) is 2. The predicted octanol–water partition coefficient (Wildman–Crippen LogP) is 5.67. The summed E-state index contributed by atoms with van der Waals surface area (Å²) >= 11 is 0. The smallest absolute Gasteiger partial charge is 0.148 e. The maximum Gasteiger partial charge on any atom is 0.148 e. The highest BCUT2D eigenvalue weighted by Crippen LogP contribution is 2.64. The second kappa shape index (κ2) is 6.22. The normalized spacial score (nSPS) is 19.6. The van der Waals surface area contributed by atoms with Gasteiger partial charge < -0.3 is 10.3 Å². The molecule has 4 aromatic rings. The molecule has 1 atom stereocenters. The van der Waals surface area contributed by atoms with Gasteiger partial charge in [-0.2, -0.15) is 0 Å². The summed E-state index contributed by atoms with van der Waals surface area (Å²) in [6, 6.07) is 31.7. The number of rotatable bonds is 1. The highest BCUT2D eigenvalue weighted by molar-refractivity contribution is 7.79. The largest absolute Gasteiger partial charge is 0.398 e. The summed E-state index contributed by atoms with van der Waals surface area (Å²) in [5.41, 5.74) is 13.9. The van der Waals surface area contributed by atoms with E-state index in [4.69, 9.17) is 5.73 Å². The average Bonchev–Trinajstić information content (AvgIpc) is 3.09. The summed E-state index contributed by atoms with van der Waals surface area (Å²) < 4.78 is 14.9. The number of fused-ring (bicyclic) bond motifs is 9. The number of hydrogen-bond donors (Lipinski definition) is 1. The van der Waals surface area contributed by atoms with E-state index in [1.807, 2.05) is 18.2 Å². The fourth-order valence-electron chi connectivity index (χ4n) is 5.93. The minimum Gasteiger partial charge on any atom is -0.398 e. The number of benzene rings is 4. The molecule has 3 heteroatoms. The van der Waals surface area contributed by atoms with E-state index >= 15 is 0 Å². The van der Waals surface area contributed by atoms with E-state index in [1.54, 1.807) is 0 Å². The van der Waals surface area contributed by atoms with Gasteiger partial charge in [0.05, 0.1) is 5.41 Å². The molecule has 0 saturated carbocycles. The molecule has 0 amide bonds. The second-order valence-corrected chi connectivity index (χ2v) is 12.1. The third kappa shape index (κ3) is 2.07. The zero-order valence-electron chi connectivity index (χ0n) is 17.7. The first-order valence-corrected chi connectivity index (χ1v) is 12.6. The maximum absolute atomic E-state index is 14.9. The van der Waals surface area contributed by atoms with Crippen molar-refractivity contribution in [1.82, 2.24) is 0 Å². The van der Waals surface area contributed by atoms with Gasteiger partial charge in [-0.15, -0.1) is 0 Å². The highest BCUT2D eigenvalue weighted by atomic mass is 31.2. The van der Waals surface area contributed by atoms with E-state index in [0.29, 0.717) is 5.69 Å². The fourth-order valence-corrected chi connectivity index (χ4v) is 9.21. The van der Waals surface area contributed by atoms with Crippen LogP contribution in [0.25, 0.3) is 11.1 Å². The Bertz CT molecular complexity index is 1370. The molecular formula is C28H24NOP. The summed E-state index contributed by atoms with van der Waals surface area (Å²) in [5.74, 6) is 0. The van der Waals surface area contributed by atoms with Gasteiger partial charge in [0.1, 0.15) is 7.14 Å². The van der Waals surface area contributed by atoms with E-state index in [1.165, 1.54) is 22.3 Å². The summed E-state index contributed by atoms with van der Waals surface area (Å²) in [6.07, 6.45) is 0. The molecule has 31 heavy (non-hydrogen) atoms. The van der Waals surface area contributed by atoms with Gasteiger partial charge in [-0.25, -0.2) is 0 Å². The van der Waals surface area contributed by atoms with Crippen LogP contribution in [0.5, 0.6) is 0 Å². The summed E-state index contributed by atoms with van der Waals surface area (Å²) in [7, 11) is -2.93. The molecule has 2 N–H and O–H groups in total. The lowest BCUT2D eigenvalue weighted by molar-refractivity contribution is 0.579. The molecule has 1 unspecified atom stereocenters. The predicted molar refractivity (Wildman–Crippen MR) is 130 cm³/mol. The molecule has 0 saturated heterocycles. The highest BCUT2D eigenvalue weighted by Gasteiger charge is 2.55. The van der Waals surface area contributed by atoms with Gasteiger partial charge in [-0.1, -0.05) is 98.8 Å². The third-order valence-electron chi connectivity index (χ3n) is 7.15. The molecule has 0 bridgehead atoms. The van der Waals surface area contributed by atoms with Gasteiger partial charge in [0.15, 0.2) is 0 Å². The monoisotopic (exact) mass is 421 g/mol. The first-order chi connectivity index (χ1) is 15.0. The van der Waals surface area contributed by atoms with Gasteiger partial charge in [0.25, 0.3) is 0 Å². The first kappa shape index (κ1) is 18.7. The van der Waals surface area contributed by atoms with Crippen molar-refractivity contribution < 1.29 is 4.57 Å². The zero-order valence-corrected chi connectivity index (χ0v) is 18.6. The van der Waals surface area contributed by atoms with Crippen molar-refractivity contribution in [2.45, 2.75) is 24.9 Å². The van der Waals surface area contributed by atoms with E-state index in [-0.39, 0.29) is 5.66 Å². The van der Waals surface area contributed by atoms with Crippen molar-refractivity contribution in [2.24, 2.45) is 0 Å². The molecule has 2 nitrogen and oxygen atoms in total. The summed E-state index contributed by atoms with van der Waals surface area (Å²) in [4.78, 5) is 0. The minimum atomic E-state index is -2.93. The van der Waals surface area contributed by atoms with Crippen LogP contribution in [-0.4, -0.2) is 5.66 Å². The van der Waals surface area contributed by atoms with Crippen molar-refractivity contribution in [3.63, 3.8) is 0 Å². The van der Waals surface area contributed by atoms with Gasteiger partial charge in [0, 0.05) is 22.0 Å². The maximum atomic E-state index is 14.9. The van der Waals surface area contributed by atoms with Crippen molar-refractivity contribution in [1.29, 1.82) is 0 Å². The van der Waals surface area contributed by atoms with E-state index in [9.17, 15) is 4.57 Å². The molecule has 0 fully saturated rings. The van der Waals surface area contributed by atoms with Crippen molar-refractivity contribution in [3.05, 3.63) is 113 Å². The molecule has 152 valence electrons. The molecule has 1 aliphatic heterocycles. The van der Waals surface area contributed by atoms with E-state index in [0.717, 1.165) is 21.7 Å². The Balaban J connectivity index is 1.90. The molecule has 4 aromatic carbocycles. The molecule has 1 aliphatic carbocycles. The van der Waals surface area contributed by atoms with Gasteiger partial charge in [-0.3, -0.25) is 0 Å². The van der Waals surface area contributed by atoms with Crippen LogP contribution in [0, 0.1) is 0 Å². The van der Waals surface area contributed by atoms with Crippen molar-refractivity contribution >= 4 is 23.4 Å². The molecule has 0 radical (unpaired) electrons. The minimum absolute atomic E-state index is 0.0404. The Labute approximate surface area is 183 Å². The van der Waals surface area contributed by atoms with Crippen LogP contribution in [0.2, 0.25) is 0 Å². The Hall–Kier alpha value is -3.09. The van der Waals surface area contributed by atoms with Crippen LogP contribution in [0.1, 0.15) is 36.1 Å².